The lowest BCUT2D eigenvalue weighted by Crippen LogP contribution is -2.24. The average molecular weight is 223 g/mol. The van der Waals surface area contributed by atoms with Crippen LogP contribution in [0.15, 0.2) is 6.20 Å². The summed E-state index contributed by atoms with van der Waals surface area (Å²) in [6.07, 6.45) is 6.68. The van der Waals surface area contributed by atoms with Gasteiger partial charge in [0, 0.05) is 12.7 Å². The van der Waals surface area contributed by atoms with Gasteiger partial charge in [0.25, 0.3) is 0 Å². The molecule has 16 heavy (non-hydrogen) atoms. The number of hydrogen-bond donors (Lipinski definition) is 1. The molecule has 1 aromatic heterocycles. The van der Waals surface area contributed by atoms with Crippen molar-refractivity contribution in [3.63, 3.8) is 0 Å². The van der Waals surface area contributed by atoms with Crippen molar-refractivity contribution >= 4 is 0 Å². The minimum atomic E-state index is 0.723. The van der Waals surface area contributed by atoms with E-state index in [9.17, 15) is 0 Å². The zero-order chi connectivity index (χ0) is 11.2. The minimum absolute atomic E-state index is 0.723. The third-order valence-electron chi connectivity index (χ3n) is 3.07. The van der Waals surface area contributed by atoms with Crippen molar-refractivity contribution in [2.75, 3.05) is 26.2 Å². The third-order valence-corrected chi connectivity index (χ3v) is 3.07. The molecule has 5 heteroatoms. The van der Waals surface area contributed by atoms with Crippen LogP contribution in [0.3, 0.4) is 0 Å². The van der Waals surface area contributed by atoms with Crippen LogP contribution in [0, 0.1) is 0 Å². The van der Waals surface area contributed by atoms with Gasteiger partial charge in [0.1, 0.15) is 0 Å². The SMILES string of the molecule is NCCCc1cn(CCN2CCCC2)nn1. The lowest BCUT2D eigenvalue weighted by atomic mass is 10.2. The topological polar surface area (TPSA) is 60.0 Å². The zero-order valence-corrected chi connectivity index (χ0v) is 9.81. The Bertz CT molecular complexity index is 303. The Balaban J connectivity index is 1.73. The van der Waals surface area contributed by atoms with E-state index in [0.717, 1.165) is 38.2 Å². The van der Waals surface area contributed by atoms with Crippen molar-refractivity contribution in [3.8, 4) is 0 Å². The first-order valence-electron chi connectivity index (χ1n) is 6.20. The molecule has 0 bridgehead atoms. The molecule has 1 aromatic rings. The second-order valence-corrected chi connectivity index (χ2v) is 4.41. The van der Waals surface area contributed by atoms with Gasteiger partial charge in [-0.1, -0.05) is 5.21 Å². The quantitative estimate of drug-likeness (QED) is 0.752. The molecule has 0 amide bonds. The summed E-state index contributed by atoms with van der Waals surface area (Å²) in [6, 6.07) is 0. The van der Waals surface area contributed by atoms with E-state index in [2.05, 4.69) is 15.2 Å². The Morgan fingerprint density at radius 1 is 1.25 bits per heavy atom. The molecule has 0 aromatic carbocycles. The van der Waals surface area contributed by atoms with E-state index in [-0.39, 0.29) is 0 Å². The molecule has 90 valence electrons. The fourth-order valence-corrected chi connectivity index (χ4v) is 2.10. The molecule has 0 unspecified atom stereocenters. The summed E-state index contributed by atoms with van der Waals surface area (Å²) in [7, 11) is 0. The van der Waals surface area contributed by atoms with Gasteiger partial charge in [-0.2, -0.15) is 0 Å². The van der Waals surface area contributed by atoms with Gasteiger partial charge >= 0.3 is 0 Å². The van der Waals surface area contributed by atoms with E-state index in [0.29, 0.717) is 0 Å². The molecule has 0 atom stereocenters. The van der Waals surface area contributed by atoms with Gasteiger partial charge in [-0.25, -0.2) is 0 Å². The Hall–Kier alpha value is -0.940. The van der Waals surface area contributed by atoms with Crippen LogP contribution in [0.2, 0.25) is 0 Å². The summed E-state index contributed by atoms with van der Waals surface area (Å²) < 4.78 is 1.95. The van der Waals surface area contributed by atoms with Gasteiger partial charge in [0.2, 0.25) is 0 Å². The molecule has 0 spiro atoms. The van der Waals surface area contributed by atoms with E-state index in [1.54, 1.807) is 0 Å². The molecule has 5 nitrogen and oxygen atoms in total. The number of aryl methyl sites for hydroxylation is 1. The number of aromatic nitrogens is 3. The highest BCUT2D eigenvalue weighted by Crippen LogP contribution is 2.06. The summed E-state index contributed by atoms with van der Waals surface area (Å²) in [5, 5.41) is 8.27. The Morgan fingerprint density at radius 2 is 2.06 bits per heavy atom. The fourth-order valence-electron chi connectivity index (χ4n) is 2.10. The molecule has 2 rings (SSSR count). The maximum atomic E-state index is 5.46. The van der Waals surface area contributed by atoms with Gasteiger partial charge in [0.15, 0.2) is 0 Å². The van der Waals surface area contributed by atoms with Crippen molar-refractivity contribution in [2.45, 2.75) is 32.2 Å². The van der Waals surface area contributed by atoms with Crippen molar-refractivity contribution in [2.24, 2.45) is 5.73 Å². The van der Waals surface area contributed by atoms with Gasteiger partial charge in [0.05, 0.1) is 12.2 Å². The van der Waals surface area contributed by atoms with E-state index in [1.165, 1.54) is 25.9 Å². The van der Waals surface area contributed by atoms with Crippen LogP contribution >= 0.6 is 0 Å². The molecular formula is C11H21N5. The van der Waals surface area contributed by atoms with Gasteiger partial charge in [-0.05, 0) is 45.3 Å². The summed E-state index contributed by atoms with van der Waals surface area (Å²) in [5.41, 5.74) is 6.52. The molecule has 1 fully saturated rings. The number of nitrogens with two attached hydrogens (primary N) is 1. The number of nitrogens with zero attached hydrogens (tertiary/aromatic N) is 4. The summed E-state index contributed by atoms with van der Waals surface area (Å²) in [6.45, 7) is 5.26. The standard InChI is InChI=1S/C11H21N5/c12-5-3-4-11-10-16(14-13-11)9-8-15-6-1-2-7-15/h10H,1-9,12H2. The largest absolute Gasteiger partial charge is 0.330 e. The third kappa shape index (κ3) is 3.28. The monoisotopic (exact) mass is 223 g/mol. The normalized spacial score (nSPS) is 17.1. The summed E-state index contributed by atoms with van der Waals surface area (Å²) >= 11 is 0. The molecule has 2 heterocycles. The van der Waals surface area contributed by atoms with E-state index < -0.39 is 0 Å². The second-order valence-electron chi connectivity index (χ2n) is 4.41. The first kappa shape index (κ1) is 11.5. The summed E-state index contributed by atoms with van der Waals surface area (Å²) in [5.74, 6) is 0. The lowest BCUT2D eigenvalue weighted by Gasteiger charge is -2.13. The average Bonchev–Trinajstić information content (AvgIpc) is 2.95. The van der Waals surface area contributed by atoms with Crippen LogP contribution in [0.1, 0.15) is 25.0 Å². The Labute approximate surface area is 96.6 Å². The maximum absolute atomic E-state index is 5.46. The zero-order valence-electron chi connectivity index (χ0n) is 9.81. The van der Waals surface area contributed by atoms with Crippen molar-refractivity contribution < 1.29 is 0 Å². The molecule has 1 aliphatic rings. The molecule has 0 radical (unpaired) electrons. The predicted molar refractivity (Wildman–Crippen MR) is 63.1 cm³/mol. The summed E-state index contributed by atoms with van der Waals surface area (Å²) in [4.78, 5) is 2.49. The van der Waals surface area contributed by atoms with Crippen LogP contribution in [0.5, 0.6) is 0 Å². The minimum Gasteiger partial charge on any atom is -0.330 e. The molecule has 1 saturated heterocycles. The van der Waals surface area contributed by atoms with E-state index in [1.807, 2.05) is 10.9 Å². The smallest absolute Gasteiger partial charge is 0.0827 e. The predicted octanol–water partition coefficient (Wildman–Crippen LogP) is 0.265. The van der Waals surface area contributed by atoms with Gasteiger partial charge < -0.3 is 10.6 Å². The van der Waals surface area contributed by atoms with E-state index in [4.69, 9.17) is 5.73 Å². The van der Waals surface area contributed by atoms with Crippen LogP contribution in [0.4, 0.5) is 0 Å². The van der Waals surface area contributed by atoms with Crippen LogP contribution in [-0.4, -0.2) is 46.1 Å². The molecule has 2 N–H and O–H groups in total. The molecular weight excluding hydrogens is 202 g/mol. The number of likely N-dealkylation sites (tertiary alicyclic amines) is 1. The first-order valence-corrected chi connectivity index (χ1v) is 6.20. The van der Waals surface area contributed by atoms with Crippen molar-refractivity contribution in [1.82, 2.24) is 19.9 Å². The van der Waals surface area contributed by atoms with Crippen LogP contribution in [-0.2, 0) is 13.0 Å². The van der Waals surface area contributed by atoms with Gasteiger partial charge in [-0.3, -0.25) is 4.68 Å². The Morgan fingerprint density at radius 3 is 2.81 bits per heavy atom. The molecule has 0 saturated carbocycles. The highest BCUT2D eigenvalue weighted by atomic mass is 15.4. The maximum Gasteiger partial charge on any atom is 0.0827 e. The van der Waals surface area contributed by atoms with Crippen molar-refractivity contribution in [3.05, 3.63) is 11.9 Å². The van der Waals surface area contributed by atoms with Gasteiger partial charge in [-0.15, -0.1) is 5.10 Å². The Kier molecular flexibility index (Phi) is 4.30. The van der Waals surface area contributed by atoms with Crippen LogP contribution < -0.4 is 5.73 Å². The highest BCUT2D eigenvalue weighted by Gasteiger charge is 2.11. The van der Waals surface area contributed by atoms with Crippen molar-refractivity contribution in [1.29, 1.82) is 0 Å². The van der Waals surface area contributed by atoms with E-state index >= 15 is 0 Å². The number of rotatable bonds is 6. The highest BCUT2D eigenvalue weighted by molar-refractivity contribution is 4.92. The second kappa shape index (κ2) is 5.96. The lowest BCUT2D eigenvalue weighted by molar-refractivity contribution is 0.314. The molecule has 0 aliphatic carbocycles. The molecule has 1 aliphatic heterocycles. The fraction of sp³-hybridized carbons (Fsp3) is 0.818. The van der Waals surface area contributed by atoms with Crippen LogP contribution in [0.25, 0.3) is 0 Å². The first-order chi connectivity index (χ1) is 7.88. The number of hydrogen-bond acceptors (Lipinski definition) is 4.